The summed E-state index contributed by atoms with van der Waals surface area (Å²) in [5.74, 6) is 0. The van der Waals surface area contributed by atoms with Crippen molar-refractivity contribution in [3.8, 4) is 0 Å². The molecule has 16 heavy (non-hydrogen) atoms. The van der Waals surface area contributed by atoms with Crippen molar-refractivity contribution in [1.82, 2.24) is 0 Å². The average Bonchev–Trinajstić information content (AvgIpc) is 2.40. The van der Waals surface area contributed by atoms with Crippen LogP contribution in [0.2, 0.25) is 0 Å². The molecule has 0 atom stereocenters. The van der Waals surface area contributed by atoms with E-state index in [2.05, 4.69) is 0 Å². The van der Waals surface area contributed by atoms with Gasteiger partial charge in [-0.1, -0.05) is 60.7 Å². The lowest BCUT2D eigenvalue weighted by atomic mass is 10.4. The molecule has 2 aromatic carbocycles. The Morgan fingerprint density at radius 3 is 1.50 bits per heavy atom. The summed E-state index contributed by atoms with van der Waals surface area (Å²) in [6.07, 6.45) is 0. The molecular formula is C13H13ClOSi. The molecule has 0 heterocycles. The lowest BCUT2D eigenvalue weighted by molar-refractivity contribution is 0.432. The van der Waals surface area contributed by atoms with Crippen LogP contribution in [0.1, 0.15) is 0 Å². The Morgan fingerprint density at radius 2 is 1.19 bits per heavy atom. The first-order valence-corrected chi connectivity index (χ1v) is 8.04. The van der Waals surface area contributed by atoms with Crippen molar-refractivity contribution in [2.24, 2.45) is 0 Å². The Hall–Kier alpha value is -1.09. The number of benzene rings is 2. The van der Waals surface area contributed by atoms with Crippen LogP contribution in [0.25, 0.3) is 0 Å². The van der Waals surface area contributed by atoms with Crippen molar-refractivity contribution in [2.75, 3.05) is 7.11 Å². The highest BCUT2D eigenvalue weighted by Crippen LogP contribution is 2.10. The lowest BCUT2D eigenvalue weighted by Gasteiger charge is -2.23. The number of hydrogen-bond acceptors (Lipinski definition) is 1. The van der Waals surface area contributed by atoms with Gasteiger partial charge in [0.25, 0.3) is 0 Å². The maximum absolute atomic E-state index is 6.69. The maximum Gasteiger partial charge on any atom is 0.355 e. The molecular weight excluding hydrogens is 236 g/mol. The fourth-order valence-electron chi connectivity index (χ4n) is 1.71. The maximum atomic E-state index is 6.69. The quantitative estimate of drug-likeness (QED) is 0.597. The third-order valence-corrected chi connectivity index (χ3v) is 7.06. The second-order valence-corrected chi connectivity index (χ2v) is 7.88. The van der Waals surface area contributed by atoms with E-state index in [1.165, 1.54) is 0 Å². The molecule has 0 bridgehead atoms. The van der Waals surface area contributed by atoms with Crippen molar-refractivity contribution in [1.29, 1.82) is 0 Å². The van der Waals surface area contributed by atoms with Crippen LogP contribution in [0, 0.1) is 0 Å². The predicted octanol–water partition coefficient (Wildman–Crippen LogP) is 2.13. The van der Waals surface area contributed by atoms with Crippen molar-refractivity contribution in [3.05, 3.63) is 60.7 Å². The molecule has 0 aromatic heterocycles. The second kappa shape index (κ2) is 4.83. The second-order valence-electron chi connectivity index (χ2n) is 3.53. The molecule has 1 nitrogen and oxygen atoms in total. The minimum absolute atomic E-state index is 1.07. The van der Waals surface area contributed by atoms with E-state index in [1.807, 2.05) is 60.7 Å². The first kappa shape index (κ1) is 11.4. The Bertz CT molecular complexity index is 405. The molecule has 2 aromatic rings. The van der Waals surface area contributed by atoms with Gasteiger partial charge in [0.05, 0.1) is 0 Å². The first-order chi connectivity index (χ1) is 7.77. The van der Waals surface area contributed by atoms with Crippen LogP contribution in [-0.2, 0) is 4.43 Å². The molecule has 3 heteroatoms. The van der Waals surface area contributed by atoms with Crippen molar-refractivity contribution in [3.63, 3.8) is 0 Å². The van der Waals surface area contributed by atoms with Crippen molar-refractivity contribution < 1.29 is 4.43 Å². The van der Waals surface area contributed by atoms with Crippen molar-refractivity contribution >= 4 is 29.1 Å². The van der Waals surface area contributed by atoms with E-state index in [9.17, 15) is 0 Å². The molecule has 2 rings (SSSR count). The first-order valence-electron chi connectivity index (χ1n) is 5.12. The molecule has 0 unspecified atom stereocenters. The van der Waals surface area contributed by atoms with E-state index >= 15 is 0 Å². The van der Waals surface area contributed by atoms with Gasteiger partial charge in [0.2, 0.25) is 0 Å². The van der Waals surface area contributed by atoms with Gasteiger partial charge in [-0.25, -0.2) is 0 Å². The molecule has 82 valence electrons. The van der Waals surface area contributed by atoms with Gasteiger partial charge >= 0.3 is 7.63 Å². The van der Waals surface area contributed by atoms with Crippen LogP contribution in [0.15, 0.2) is 60.7 Å². The van der Waals surface area contributed by atoms with Crippen LogP contribution in [0.3, 0.4) is 0 Å². The van der Waals surface area contributed by atoms with Gasteiger partial charge in [-0.15, -0.1) is 11.1 Å². The molecule has 0 amide bonds. The summed E-state index contributed by atoms with van der Waals surface area (Å²) in [7, 11) is -0.824. The number of rotatable bonds is 3. The Morgan fingerprint density at radius 1 is 0.812 bits per heavy atom. The van der Waals surface area contributed by atoms with Gasteiger partial charge in [-0.2, -0.15) is 0 Å². The molecule has 0 aliphatic heterocycles. The highest BCUT2D eigenvalue weighted by Gasteiger charge is 2.36. The Balaban J connectivity index is 2.49. The van der Waals surface area contributed by atoms with E-state index in [0.29, 0.717) is 0 Å². The Kier molecular flexibility index (Phi) is 3.44. The zero-order valence-electron chi connectivity index (χ0n) is 9.06. The molecule has 0 spiro atoms. The van der Waals surface area contributed by atoms with Crippen LogP contribution in [0.5, 0.6) is 0 Å². The van der Waals surface area contributed by atoms with Crippen LogP contribution in [0.4, 0.5) is 0 Å². The third-order valence-electron chi connectivity index (χ3n) is 2.57. The SMILES string of the molecule is CO[Si](Cl)(c1ccccc1)c1ccccc1. The van der Waals surface area contributed by atoms with E-state index in [-0.39, 0.29) is 0 Å². The largest absolute Gasteiger partial charge is 0.400 e. The van der Waals surface area contributed by atoms with E-state index < -0.39 is 7.63 Å². The summed E-state index contributed by atoms with van der Waals surface area (Å²) in [5, 5.41) is 2.15. The van der Waals surface area contributed by atoms with Crippen LogP contribution < -0.4 is 10.4 Å². The van der Waals surface area contributed by atoms with Gasteiger partial charge in [-0.05, 0) is 10.4 Å². The summed E-state index contributed by atoms with van der Waals surface area (Å²) in [6.45, 7) is 0. The van der Waals surface area contributed by atoms with E-state index in [0.717, 1.165) is 10.4 Å². The minimum atomic E-state index is -2.50. The highest BCUT2D eigenvalue weighted by molar-refractivity contribution is 7.30. The normalized spacial score (nSPS) is 11.4. The topological polar surface area (TPSA) is 9.23 Å². The number of halogens is 1. The highest BCUT2D eigenvalue weighted by atomic mass is 35.6. The summed E-state index contributed by atoms with van der Waals surface area (Å²) >= 11 is 6.69. The van der Waals surface area contributed by atoms with Gasteiger partial charge in [-0.3, -0.25) is 0 Å². The summed E-state index contributed by atoms with van der Waals surface area (Å²) in [4.78, 5) is 0. The predicted molar refractivity (Wildman–Crippen MR) is 70.8 cm³/mol. The molecule has 0 aliphatic rings. The van der Waals surface area contributed by atoms with E-state index in [4.69, 9.17) is 15.5 Å². The van der Waals surface area contributed by atoms with Crippen LogP contribution in [-0.4, -0.2) is 14.7 Å². The van der Waals surface area contributed by atoms with E-state index in [1.54, 1.807) is 7.11 Å². The average molecular weight is 249 g/mol. The zero-order valence-corrected chi connectivity index (χ0v) is 10.8. The third kappa shape index (κ3) is 2.05. The molecule has 0 saturated heterocycles. The van der Waals surface area contributed by atoms with Crippen molar-refractivity contribution in [2.45, 2.75) is 0 Å². The fraction of sp³-hybridized carbons (Fsp3) is 0.0769. The van der Waals surface area contributed by atoms with Gasteiger partial charge in [0.1, 0.15) is 0 Å². The molecule has 0 aliphatic carbocycles. The number of hydrogen-bond donors (Lipinski definition) is 0. The molecule has 0 saturated carbocycles. The lowest BCUT2D eigenvalue weighted by Crippen LogP contribution is -2.55. The summed E-state index contributed by atoms with van der Waals surface area (Å²) in [6, 6.07) is 20.0. The monoisotopic (exact) mass is 248 g/mol. The van der Waals surface area contributed by atoms with Gasteiger partial charge in [0.15, 0.2) is 0 Å². The van der Waals surface area contributed by atoms with Gasteiger partial charge < -0.3 is 4.43 Å². The Labute approximate surface area is 101 Å². The summed E-state index contributed by atoms with van der Waals surface area (Å²) in [5.41, 5.74) is 0. The van der Waals surface area contributed by atoms with Crippen LogP contribution >= 0.6 is 11.1 Å². The molecule has 0 fully saturated rings. The molecule has 0 radical (unpaired) electrons. The molecule has 0 N–H and O–H groups in total. The minimum Gasteiger partial charge on any atom is -0.400 e. The van der Waals surface area contributed by atoms with Gasteiger partial charge in [0, 0.05) is 7.11 Å². The fourth-order valence-corrected chi connectivity index (χ4v) is 4.51. The standard InChI is InChI=1S/C13H13ClOSi/c1-15-16(14,12-8-4-2-5-9-12)13-10-6-3-7-11-13/h2-11H,1H3. The zero-order chi connectivity index (χ0) is 11.4. The smallest absolute Gasteiger partial charge is 0.355 e. The summed E-state index contributed by atoms with van der Waals surface area (Å²) < 4.78 is 5.61.